The highest BCUT2D eigenvalue weighted by molar-refractivity contribution is 7.59. The number of aliphatic carboxylic acids is 1. The van der Waals surface area contributed by atoms with Gasteiger partial charge in [-0.05, 0) is 0 Å². The third kappa shape index (κ3) is 6.77. The SMILES string of the molecule is O=C([O-])[C@H]1O[C@H](OP(=O)([O-])OP(=O)([O-])OC[C@H]2O[C@@H](n3ccc(=O)[nH]c3=O)[C@H](O)[C@@H]2O)[C@H](O)[C@@H](O)[C@H]1O. The van der Waals surface area contributed by atoms with Crippen LogP contribution in [0.3, 0.4) is 0 Å². The molecule has 0 spiro atoms. The Kier molecular flexibility index (Phi) is 8.89. The third-order valence-electron chi connectivity index (χ3n) is 5.09. The molecular weight excluding hydrogens is 558 g/mol. The van der Waals surface area contributed by atoms with E-state index in [-0.39, 0.29) is 0 Å². The second kappa shape index (κ2) is 11.1. The van der Waals surface area contributed by atoms with Crippen LogP contribution in [0.5, 0.6) is 0 Å². The van der Waals surface area contributed by atoms with Gasteiger partial charge in [0.05, 0.1) is 12.6 Å². The molecule has 1 aromatic rings. The average Bonchev–Trinajstić information content (AvgIpc) is 3.05. The highest BCUT2D eigenvalue weighted by Gasteiger charge is 2.47. The fourth-order valence-corrected chi connectivity index (χ4v) is 5.39. The zero-order valence-electron chi connectivity index (χ0n) is 17.9. The highest BCUT2D eigenvalue weighted by Crippen LogP contribution is 2.57. The fraction of sp³-hybridized carbons (Fsp3) is 0.667. The van der Waals surface area contributed by atoms with Crippen molar-refractivity contribution in [2.75, 3.05) is 6.61 Å². The fourth-order valence-electron chi connectivity index (χ4n) is 3.31. The summed E-state index contributed by atoms with van der Waals surface area (Å²) in [5.41, 5.74) is -1.83. The molecule has 3 heterocycles. The molecule has 2 aliphatic heterocycles. The van der Waals surface area contributed by atoms with Crippen LogP contribution in [0.25, 0.3) is 0 Å². The zero-order valence-corrected chi connectivity index (χ0v) is 19.7. The molecule has 2 unspecified atom stereocenters. The van der Waals surface area contributed by atoms with Crippen molar-refractivity contribution >= 4 is 21.6 Å². The summed E-state index contributed by atoms with van der Waals surface area (Å²) in [4.78, 5) is 59.8. The van der Waals surface area contributed by atoms with Crippen molar-refractivity contribution in [3.63, 3.8) is 0 Å². The van der Waals surface area contributed by atoms with Crippen LogP contribution >= 0.6 is 15.6 Å². The number of aromatic nitrogens is 2. The lowest BCUT2D eigenvalue weighted by Crippen LogP contribution is -2.62. The van der Waals surface area contributed by atoms with Gasteiger partial charge in [0.2, 0.25) is 0 Å². The molecule has 11 atom stereocenters. The zero-order chi connectivity index (χ0) is 27.9. The number of aliphatic hydroxyl groups excluding tert-OH is 5. The monoisotopic (exact) mass is 577 g/mol. The topological polar surface area (TPSA) is 323 Å². The minimum Gasteiger partial charge on any atom is -0.756 e. The van der Waals surface area contributed by atoms with Crippen LogP contribution in [0.4, 0.5) is 0 Å². The molecule has 0 amide bonds. The Balaban J connectivity index is 1.63. The Hall–Kier alpha value is -1.87. The Morgan fingerprint density at radius 1 is 1.00 bits per heavy atom. The second-order valence-corrected chi connectivity index (χ2v) is 10.6. The van der Waals surface area contributed by atoms with E-state index in [2.05, 4.69) is 18.1 Å². The smallest absolute Gasteiger partial charge is 0.330 e. The lowest BCUT2D eigenvalue weighted by Gasteiger charge is -2.42. The van der Waals surface area contributed by atoms with Gasteiger partial charge in [0.1, 0.15) is 42.7 Å². The first kappa shape index (κ1) is 29.7. The molecule has 1 aromatic heterocycles. The van der Waals surface area contributed by atoms with Crippen LogP contribution < -0.4 is 26.1 Å². The number of carbonyl (C=O) groups is 1. The van der Waals surface area contributed by atoms with Gasteiger partial charge >= 0.3 is 5.69 Å². The van der Waals surface area contributed by atoms with Crippen LogP contribution in [0.15, 0.2) is 21.9 Å². The molecule has 0 aromatic carbocycles. The number of phosphoric acid groups is 2. The van der Waals surface area contributed by atoms with Gasteiger partial charge in [-0.1, -0.05) is 0 Å². The molecule has 3 rings (SSSR count). The van der Waals surface area contributed by atoms with Crippen molar-refractivity contribution < 1.29 is 77.2 Å². The van der Waals surface area contributed by atoms with E-state index >= 15 is 0 Å². The summed E-state index contributed by atoms with van der Waals surface area (Å²) in [6.07, 6.45) is -18.0. The number of carbonyl (C=O) groups excluding carboxylic acids is 1. The van der Waals surface area contributed by atoms with Gasteiger partial charge in [0.25, 0.3) is 21.2 Å². The Morgan fingerprint density at radius 2 is 1.65 bits per heavy atom. The number of phosphoric ester groups is 2. The maximum atomic E-state index is 12.0. The molecule has 0 bridgehead atoms. The summed E-state index contributed by atoms with van der Waals surface area (Å²) in [6.45, 7) is -1.17. The lowest BCUT2D eigenvalue weighted by atomic mass is 9.99. The molecule has 37 heavy (non-hydrogen) atoms. The lowest BCUT2D eigenvalue weighted by molar-refractivity contribution is -0.348. The number of rotatable bonds is 9. The maximum Gasteiger partial charge on any atom is 0.330 e. The summed E-state index contributed by atoms with van der Waals surface area (Å²) >= 11 is 0. The van der Waals surface area contributed by atoms with E-state index in [1.165, 1.54) is 0 Å². The Morgan fingerprint density at radius 3 is 2.24 bits per heavy atom. The number of hydrogen-bond donors (Lipinski definition) is 6. The van der Waals surface area contributed by atoms with Crippen LogP contribution in [0, 0.1) is 0 Å². The largest absolute Gasteiger partial charge is 0.756 e. The Bertz CT molecular complexity index is 1200. The number of carboxylic acids is 1. The van der Waals surface area contributed by atoms with E-state index in [1.54, 1.807) is 0 Å². The summed E-state index contributed by atoms with van der Waals surface area (Å²) in [5.74, 6) is -2.13. The quantitative estimate of drug-likeness (QED) is 0.148. The molecule has 210 valence electrons. The summed E-state index contributed by atoms with van der Waals surface area (Å²) in [6, 6.07) is 0.890. The molecule has 6 N–H and O–H groups in total. The Labute approximate surface area is 204 Å². The molecule has 0 saturated carbocycles. The third-order valence-corrected chi connectivity index (χ3v) is 7.63. The number of hydrogen-bond acceptors (Lipinski definition) is 18. The number of aromatic amines is 1. The van der Waals surface area contributed by atoms with Crippen LogP contribution in [-0.4, -0.2) is 96.7 Å². The first-order valence-electron chi connectivity index (χ1n) is 9.93. The van der Waals surface area contributed by atoms with Gasteiger partial charge < -0.3 is 59.2 Å². The first-order chi connectivity index (χ1) is 17.0. The average molecular weight is 577 g/mol. The van der Waals surface area contributed by atoms with Crippen molar-refractivity contribution in [3.05, 3.63) is 33.1 Å². The van der Waals surface area contributed by atoms with Gasteiger partial charge in [0, 0.05) is 12.3 Å². The van der Waals surface area contributed by atoms with Gasteiger partial charge in [-0.15, -0.1) is 0 Å². The van der Waals surface area contributed by atoms with E-state index in [0.717, 1.165) is 12.3 Å². The van der Waals surface area contributed by atoms with Crippen LogP contribution in [0.2, 0.25) is 0 Å². The van der Waals surface area contributed by atoms with E-state index in [1.807, 2.05) is 4.98 Å². The summed E-state index contributed by atoms with van der Waals surface area (Å²) < 4.78 is 46.5. The number of ether oxygens (including phenoxy) is 2. The molecule has 0 radical (unpaired) electrons. The van der Waals surface area contributed by atoms with Crippen molar-refractivity contribution in [2.45, 2.75) is 55.2 Å². The summed E-state index contributed by atoms with van der Waals surface area (Å²) in [5, 5.41) is 60.0. The maximum absolute atomic E-state index is 12.0. The van der Waals surface area contributed by atoms with Crippen molar-refractivity contribution in [1.82, 2.24) is 9.55 Å². The summed E-state index contributed by atoms with van der Waals surface area (Å²) in [7, 11) is -11.9. The van der Waals surface area contributed by atoms with Crippen molar-refractivity contribution in [1.29, 1.82) is 0 Å². The van der Waals surface area contributed by atoms with E-state index in [9.17, 15) is 63.9 Å². The van der Waals surface area contributed by atoms with Crippen molar-refractivity contribution in [2.24, 2.45) is 0 Å². The molecule has 20 nitrogen and oxygen atoms in total. The molecule has 2 fully saturated rings. The van der Waals surface area contributed by atoms with Gasteiger partial charge in [0.15, 0.2) is 12.5 Å². The number of nitrogens with zero attached hydrogens (tertiary/aromatic N) is 1. The van der Waals surface area contributed by atoms with E-state index < -0.39 is 94.7 Å². The predicted molar refractivity (Wildman–Crippen MR) is 102 cm³/mol. The van der Waals surface area contributed by atoms with Crippen molar-refractivity contribution in [3.8, 4) is 0 Å². The van der Waals surface area contributed by atoms with Gasteiger partial charge in [-0.2, -0.15) is 0 Å². The van der Waals surface area contributed by atoms with Gasteiger partial charge in [-0.25, -0.2) is 9.11 Å². The molecule has 0 aliphatic carbocycles. The highest BCUT2D eigenvalue weighted by atomic mass is 31.3. The normalized spacial score (nSPS) is 37.5. The second-order valence-electron chi connectivity index (χ2n) is 7.66. The molecular formula is C15H19N2O18P2-3. The predicted octanol–water partition coefficient (Wildman–Crippen LogP) is -7.30. The molecule has 2 aliphatic rings. The molecule has 2 saturated heterocycles. The van der Waals surface area contributed by atoms with E-state index in [4.69, 9.17) is 4.74 Å². The van der Waals surface area contributed by atoms with Crippen LogP contribution in [-0.2, 0) is 36.8 Å². The first-order valence-corrected chi connectivity index (χ1v) is 12.8. The van der Waals surface area contributed by atoms with E-state index in [0.29, 0.717) is 4.57 Å². The standard InChI is InChI=1S/C15H22N2O18P2/c18-5-1-2-17(15(26)16-5)12-9(22)6(19)4(32-12)3-31-36(27,28)35-37(29,30)34-14-10(23)7(20)8(21)11(33-14)13(24)25/h1-2,4,6-12,14,19-23H,3H2,(H,24,25)(H,27,28)(H,29,30)(H,16,18,26)/p-3/t4-,6-,7+,8-,9-,10-,11+,12-,14-/m1/s1. The molecule has 22 heteroatoms. The number of nitrogens with one attached hydrogen (secondary N) is 1. The van der Waals surface area contributed by atoms with Gasteiger partial charge in [-0.3, -0.25) is 28.0 Å². The minimum atomic E-state index is -6.06. The van der Waals surface area contributed by atoms with Crippen LogP contribution in [0.1, 0.15) is 6.23 Å². The minimum absolute atomic E-state index is 0.670. The number of H-pyrrole nitrogens is 1. The number of aliphatic hydroxyl groups is 5. The number of carboxylic acid groups (broad SMARTS) is 1.